The third-order valence-electron chi connectivity index (χ3n) is 8.22. The molecule has 3 heterocycles. The van der Waals surface area contributed by atoms with Crippen LogP contribution in [0.1, 0.15) is 72.1 Å². The van der Waals surface area contributed by atoms with Crippen molar-refractivity contribution in [3.05, 3.63) is 42.5 Å². The number of carbonyl (C=O) groups excluding carboxylic acids is 4. The van der Waals surface area contributed by atoms with Gasteiger partial charge >= 0.3 is 6.09 Å². The first kappa shape index (κ1) is 32.0. The van der Waals surface area contributed by atoms with Gasteiger partial charge in [0.15, 0.2) is 0 Å². The van der Waals surface area contributed by atoms with Crippen LogP contribution in [0, 0.1) is 5.92 Å². The number of thiophene rings is 1. The minimum atomic E-state index is -4.20. The number of ether oxygens (including phenoxy) is 1. The second kappa shape index (κ2) is 12.5. The van der Waals surface area contributed by atoms with Gasteiger partial charge in [-0.05, 0) is 76.8 Å². The Morgan fingerprint density at radius 3 is 2.61 bits per heavy atom. The molecule has 13 heteroatoms. The number of nitrogens with zero attached hydrogens (tertiary/aromatic N) is 1. The van der Waals surface area contributed by atoms with E-state index in [4.69, 9.17) is 4.74 Å². The van der Waals surface area contributed by atoms with Crippen molar-refractivity contribution in [1.29, 1.82) is 0 Å². The summed E-state index contributed by atoms with van der Waals surface area (Å²) in [7, 11) is -4.20. The number of alkyl carbamates (subject to hydrolysis) is 1. The van der Waals surface area contributed by atoms with E-state index < -0.39 is 51.2 Å². The number of sulfonamides is 1. The van der Waals surface area contributed by atoms with Gasteiger partial charge in [0.1, 0.15) is 27.4 Å². The number of amides is 4. The first-order valence-corrected chi connectivity index (χ1v) is 17.4. The van der Waals surface area contributed by atoms with E-state index in [0.717, 1.165) is 40.7 Å². The maximum atomic E-state index is 13.7. The first-order valence-electron chi connectivity index (χ1n) is 15.1. The molecule has 1 aliphatic carbocycles. The van der Waals surface area contributed by atoms with Gasteiger partial charge in [-0.15, -0.1) is 11.3 Å². The Labute approximate surface area is 261 Å². The SMILES string of the molecule is CC(C)(C)OC(=O)N[C@H]1CCCCC/C=C\[C@H]2C[C@@]2(C(=O)NS(=O)(=O)c2cc3ccccc3s2)NC(=O)[C@@H]2CCCN2C1=O. The lowest BCUT2D eigenvalue weighted by molar-refractivity contribution is -0.141. The van der Waals surface area contributed by atoms with Crippen molar-refractivity contribution in [2.75, 3.05) is 6.54 Å². The van der Waals surface area contributed by atoms with Crippen molar-refractivity contribution in [3.63, 3.8) is 0 Å². The van der Waals surface area contributed by atoms with Gasteiger partial charge in [0.2, 0.25) is 11.8 Å². The van der Waals surface area contributed by atoms with Crippen molar-refractivity contribution < 1.29 is 32.3 Å². The highest BCUT2D eigenvalue weighted by Crippen LogP contribution is 2.46. The van der Waals surface area contributed by atoms with Gasteiger partial charge in [-0.25, -0.2) is 17.9 Å². The lowest BCUT2D eigenvalue weighted by atomic mass is 10.0. The Morgan fingerprint density at radius 1 is 1.09 bits per heavy atom. The number of nitrogens with one attached hydrogen (secondary N) is 3. The van der Waals surface area contributed by atoms with Crippen LogP contribution in [-0.2, 0) is 29.1 Å². The number of allylic oxidation sites excluding steroid dienone is 1. The number of hydrogen-bond donors (Lipinski definition) is 3. The highest BCUT2D eigenvalue weighted by molar-refractivity contribution is 7.92. The molecule has 0 radical (unpaired) electrons. The highest BCUT2D eigenvalue weighted by atomic mass is 32.2. The molecule has 1 saturated heterocycles. The number of rotatable bonds is 4. The summed E-state index contributed by atoms with van der Waals surface area (Å²) in [4.78, 5) is 55.2. The molecule has 1 aromatic carbocycles. The number of benzene rings is 1. The number of carbonyl (C=O) groups is 4. The molecule has 0 spiro atoms. The smallest absolute Gasteiger partial charge is 0.408 e. The summed E-state index contributed by atoms with van der Waals surface area (Å²) in [6.45, 7) is 5.55. The van der Waals surface area contributed by atoms with E-state index in [9.17, 15) is 27.6 Å². The van der Waals surface area contributed by atoms with E-state index in [1.807, 2.05) is 30.4 Å². The van der Waals surface area contributed by atoms with Crippen LogP contribution in [0.5, 0.6) is 0 Å². The molecular formula is C31H40N4O7S2. The summed E-state index contributed by atoms with van der Waals surface area (Å²) in [5.74, 6) is -2.09. The van der Waals surface area contributed by atoms with Crippen molar-refractivity contribution >= 4 is 55.3 Å². The molecular weight excluding hydrogens is 604 g/mol. The summed E-state index contributed by atoms with van der Waals surface area (Å²) in [5, 5.41) is 6.31. The van der Waals surface area contributed by atoms with E-state index >= 15 is 0 Å². The molecule has 3 N–H and O–H groups in total. The van der Waals surface area contributed by atoms with E-state index in [1.165, 1.54) is 11.0 Å². The Balaban J connectivity index is 1.37. The molecule has 0 bridgehead atoms. The first-order chi connectivity index (χ1) is 20.8. The predicted molar refractivity (Wildman–Crippen MR) is 166 cm³/mol. The average molecular weight is 645 g/mol. The zero-order chi connectivity index (χ0) is 31.7. The van der Waals surface area contributed by atoms with Gasteiger partial charge in [0, 0.05) is 17.2 Å². The maximum absolute atomic E-state index is 13.7. The monoisotopic (exact) mass is 644 g/mol. The molecule has 5 rings (SSSR count). The Kier molecular flexibility index (Phi) is 9.08. The molecule has 1 aromatic heterocycles. The molecule has 2 aromatic rings. The number of hydrogen-bond acceptors (Lipinski definition) is 8. The van der Waals surface area contributed by atoms with Crippen LogP contribution >= 0.6 is 11.3 Å². The molecule has 2 fully saturated rings. The fraction of sp³-hybridized carbons (Fsp3) is 0.548. The standard InChI is InChI=1S/C31H40N4O7S2/c1-30(2,3)42-29(39)32-22-14-8-6-4-5-7-13-21-19-31(21,33-26(36)23-15-11-17-35(23)27(22)37)28(38)34-44(40,41)25-18-20-12-9-10-16-24(20)43-25/h7,9-10,12-13,16,18,21-23H,4-6,8,11,14-15,17,19H2,1-3H3,(H,32,39)(H,33,36)(H,34,38)/b13-7-/t21-,22-,23-,31+/m0/s1. The van der Waals surface area contributed by atoms with Crippen molar-refractivity contribution in [3.8, 4) is 0 Å². The second-order valence-corrected chi connectivity index (χ2v) is 15.8. The summed E-state index contributed by atoms with van der Waals surface area (Å²) < 4.78 is 35.0. The quantitative estimate of drug-likeness (QED) is 0.426. The molecule has 4 atom stereocenters. The van der Waals surface area contributed by atoms with Crippen LogP contribution in [0.3, 0.4) is 0 Å². The minimum absolute atomic E-state index is 0.00996. The number of fused-ring (bicyclic) bond motifs is 3. The highest BCUT2D eigenvalue weighted by Gasteiger charge is 2.61. The molecule has 44 heavy (non-hydrogen) atoms. The van der Waals surface area contributed by atoms with E-state index in [2.05, 4.69) is 15.4 Å². The van der Waals surface area contributed by atoms with Crippen LogP contribution < -0.4 is 15.4 Å². The van der Waals surface area contributed by atoms with Crippen molar-refractivity contribution in [1.82, 2.24) is 20.3 Å². The summed E-state index contributed by atoms with van der Waals surface area (Å²) in [6.07, 6.45) is 7.78. The topological polar surface area (TPSA) is 151 Å². The zero-order valence-corrected chi connectivity index (χ0v) is 26.9. The molecule has 1 saturated carbocycles. The fourth-order valence-electron chi connectivity index (χ4n) is 5.90. The van der Waals surface area contributed by atoms with Crippen LogP contribution in [0.25, 0.3) is 10.1 Å². The lowest BCUT2D eigenvalue weighted by Gasteiger charge is -2.30. The summed E-state index contributed by atoms with van der Waals surface area (Å²) >= 11 is 1.06. The van der Waals surface area contributed by atoms with Gasteiger partial charge < -0.3 is 20.3 Å². The fourth-order valence-corrected chi connectivity index (χ4v) is 8.33. The molecule has 0 unspecified atom stereocenters. The Bertz CT molecular complexity index is 1550. The predicted octanol–water partition coefficient (Wildman–Crippen LogP) is 3.99. The molecule has 3 aliphatic rings. The second-order valence-electron chi connectivity index (χ2n) is 12.8. The van der Waals surface area contributed by atoms with Crippen LogP contribution in [0.2, 0.25) is 0 Å². The molecule has 4 amide bonds. The largest absolute Gasteiger partial charge is 0.444 e. The third-order valence-corrected chi connectivity index (χ3v) is 11.1. The van der Waals surface area contributed by atoms with Gasteiger partial charge in [-0.3, -0.25) is 14.4 Å². The van der Waals surface area contributed by atoms with Gasteiger partial charge in [0.25, 0.3) is 15.9 Å². The van der Waals surface area contributed by atoms with E-state index in [-0.39, 0.29) is 22.5 Å². The van der Waals surface area contributed by atoms with Crippen LogP contribution in [0.15, 0.2) is 46.7 Å². The van der Waals surface area contributed by atoms with Crippen LogP contribution in [0.4, 0.5) is 4.79 Å². The van der Waals surface area contributed by atoms with E-state index in [0.29, 0.717) is 32.2 Å². The van der Waals surface area contributed by atoms with Crippen LogP contribution in [-0.4, -0.2) is 66.9 Å². The summed E-state index contributed by atoms with van der Waals surface area (Å²) in [5.41, 5.74) is -2.20. The maximum Gasteiger partial charge on any atom is 0.408 e. The molecule has 2 aliphatic heterocycles. The van der Waals surface area contributed by atoms with Gasteiger partial charge in [0.05, 0.1) is 0 Å². The molecule has 238 valence electrons. The minimum Gasteiger partial charge on any atom is -0.444 e. The third kappa shape index (κ3) is 7.09. The average Bonchev–Trinajstić information content (AvgIpc) is 3.28. The van der Waals surface area contributed by atoms with Gasteiger partial charge in [-0.1, -0.05) is 43.2 Å². The molecule has 11 nitrogen and oxygen atoms in total. The van der Waals surface area contributed by atoms with Gasteiger partial charge in [-0.2, -0.15) is 0 Å². The van der Waals surface area contributed by atoms with Crippen molar-refractivity contribution in [2.24, 2.45) is 5.92 Å². The Morgan fingerprint density at radius 2 is 1.86 bits per heavy atom. The summed E-state index contributed by atoms with van der Waals surface area (Å²) in [6, 6.07) is 7.03. The van der Waals surface area contributed by atoms with Crippen molar-refractivity contribution in [2.45, 2.75) is 99.6 Å². The zero-order valence-electron chi connectivity index (χ0n) is 25.3. The lowest BCUT2D eigenvalue weighted by Crippen LogP contribution is -2.58. The Hall–Kier alpha value is -3.45. The normalized spacial score (nSPS) is 27.2. The van der Waals surface area contributed by atoms with E-state index in [1.54, 1.807) is 26.8 Å².